The third-order valence-electron chi connectivity index (χ3n) is 3.63. The molecular weight excluding hydrogens is 270 g/mol. The molecule has 2 aromatic heterocycles. The minimum Gasteiger partial charge on any atom is -0.322 e. The zero-order valence-electron chi connectivity index (χ0n) is 13.1. The van der Waals surface area contributed by atoms with E-state index in [1.165, 1.54) is 4.57 Å². The maximum absolute atomic E-state index is 12.6. The first-order chi connectivity index (χ1) is 9.97. The summed E-state index contributed by atoms with van der Waals surface area (Å²) in [6.07, 6.45) is 0.795. The Balaban J connectivity index is 3.02. The van der Waals surface area contributed by atoms with Crippen LogP contribution >= 0.6 is 0 Å². The van der Waals surface area contributed by atoms with E-state index in [4.69, 9.17) is 5.73 Å². The monoisotopic (exact) mass is 293 g/mol. The highest BCUT2D eigenvalue weighted by Crippen LogP contribution is 2.16. The van der Waals surface area contributed by atoms with E-state index in [0.29, 0.717) is 36.6 Å². The van der Waals surface area contributed by atoms with Gasteiger partial charge in [-0.2, -0.15) is 0 Å². The summed E-state index contributed by atoms with van der Waals surface area (Å²) < 4.78 is 4.66. The minimum atomic E-state index is -0.297. The fourth-order valence-corrected chi connectivity index (χ4v) is 2.68. The van der Waals surface area contributed by atoms with E-state index < -0.39 is 0 Å². The summed E-state index contributed by atoms with van der Waals surface area (Å²) in [5.41, 5.74) is 6.30. The standard InChI is InChI=1S/C14H23N5O2/c1-5-8-19-12-10(13(20)18(7-3)14(19)21)17(6-2)11(16-12)9(4)15/h9H,5-8,15H2,1-4H3. The van der Waals surface area contributed by atoms with Crippen molar-refractivity contribution in [2.24, 2.45) is 5.73 Å². The number of aryl methyl sites for hydroxylation is 2. The lowest BCUT2D eigenvalue weighted by Crippen LogP contribution is -2.40. The molecule has 0 aliphatic rings. The molecular formula is C14H23N5O2. The minimum absolute atomic E-state index is 0.286. The van der Waals surface area contributed by atoms with Crippen LogP contribution in [-0.2, 0) is 19.6 Å². The molecule has 0 aromatic carbocycles. The van der Waals surface area contributed by atoms with Crippen LogP contribution in [0.15, 0.2) is 9.59 Å². The maximum Gasteiger partial charge on any atom is 0.332 e. The lowest BCUT2D eigenvalue weighted by atomic mass is 10.3. The van der Waals surface area contributed by atoms with E-state index in [-0.39, 0.29) is 17.3 Å². The topological polar surface area (TPSA) is 87.8 Å². The Morgan fingerprint density at radius 1 is 1.10 bits per heavy atom. The van der Waals surface area contributed by atoms with Crippen molar-refractivity contribution in [3.8, 4) is 0 Å². The zero-order valence-corrected chi connectivity index (χ0v) is 13.1. The largest absolute Gasteiger partial charge is 0.332 e. The summed E-state index contributed by atoms with van der Waals surface area (Å²) in [6.45, 7) is 9.03. The normalized spacial score (nSPS) is 13.0. The van der Waals surface area contributed by atoms with Gasteiger partial charge >= 0.3 is 5.69 Å². The second kappa shape index (κ2) is 5.85. The van der Waals surface area contributed by atoms with Gasteiger partial charge in [0.15, 0.2) is 11.2 Å². The molecule has 0 amide bonds. The van der Waals surface area contributed by atoms with Gasteiger partial charge in [0.05, 0.1) is 6.04 Å². The second-order valence-electron chi connectivity index (χ2n) is 5.16. The molecule has 0 fully saturated rings. The summed E-state index contributed by atoms with van der Waals surface area (Å²) in [4.78, 5) is 29.5. The number of imidazole rings is 1. The van der Waals surface area contributed by atoms with Gasteiger partial charge in [0.25, 0.3) is 5.56 Å². The predicted octanol–water partition coefficient (Wildman–Crippen LogP) is 0.829. The summed E-state index contributed by atoms with van der Waals surface area (Å²) in [5, 5.41) is 0. The third-order valence-corrected chi connectivity index (χ3v) is 3.63. The van der Waals surface area contributed by atoms with Crippen LogP contribution in [0.2, 0.25) is 0 Å². The smallest absolute Gasteiger partial charge is 0.322 e. The van der Waals surface area contributed by atoms with Crippen molar-refractivity contribution < 1.29 is 0 Å². The first kappa shape index (κ1) is 15.5. The number of nitrogens with two attached hydrogens (primary N) is 1. The Morgan fingerprint density at radius 2 is 1.71 bits per heavy atom. The van der Waals surface area contributed by atoms with E-state index >= 15 is 0 Å². The molecule has 0 bridgehead atoms. The molecule has 0 aliphatic heterocycles. The maximum atomic E-state index is 12.6. The molecule has 2 aromatic rings. The molecule has 2 N–H and O–H groups in total. The van der Waals surface area contributed by atoms with E-state index in [2.05, 4.69) is 4.98 Å². The lowest BCUT2D eigenvalue weighted by molar-refractivity contribution is 0.578. The first-order valence-electron chi connectivity index (χ1n) is 7.47. The Kier molecular flexibility index (Phi) is 4.32. The first-order valence-corrected chi connectivity index (χ1v) is 7.47. The summed E-state index contributed by atoms with van der Waals surface area (Å²) >= 11 is 0. The van der Waals surface area contributed by atoms with E-state index in [0.717, 1.165) is 6.42 Å². The van der Waals surface area contributed by atoms with Gasteiger partial charge in [-0.3, -0.25) is 13.9 Å². The Labute approximate surface area is 123 Å². The van der Waals surface area contributed by atoms with Gasteiger partial charge in [-0.25, -0.2) is 9.78 Å². The van der Waals surface area contributed by atoms with Gasteiger partial charge in [-0.15, -0.1) is 0 Å². The molecule has 2 heterocycles. The Morgan fingerprint density at radius 3 is 2.19 bits per heavy atom. The van der Waals surface area contributed by atoms with Gasteiger partial charge in [0.1, 0.15) is 5.82 Å². The molecule has 116 valence electrons. The van der Waals surface area contributed by atoms with Crippen LogP contribution < -0.4 is 17.0 Å². The van der Waals surface area contributed by atoms with Gasteiger partial charge in [-0.05, 0) is 27.2 Å². The van der Waals surface area contributed by atoms with Crippen LogP contribution in [0.25, 0.3) is 11.2 Å². The van der Waals surface area contributed by atoms with Crippen LogP contribution in [0, 0.1) is 0 Å². The Hall–Kier alpha value is -1.89. The van der Waals surface area contributed by atoms with E-state index in [1.807, 2.05) is 25.3 Å². The van der Waals surface area contributed by atoms with Crippen molar-refractivity contribution in [1.29, 1.82) is 0 Å². The quantitative estimate of drug-likeness (QED) is 0.884. The zero-order chi connectivity index (χ0) is 15.7. The van der Waals surface area contributed by atoms with Crippen LogP contribution in [0.1, 0.15) is 46.0 Å². The van der Waals surface area contributed by atoms with Crippen LogP contribution in [0.5, 0.6) is 0 Å². The van der Waals surface area contributed by atoms with Crippen molar-refractivity contribution in [1.82, 2.24) is 18.7 Å². The van der Waals surface area contributed by atoms with E-state index in [1.54, 1.807) is 11.5 Å². The number of rotatable bonds is 5. The van der Waals surface area contributed by atoms with Gasteiger partial charge in [0.2, 0.25) is 0 Å². The van der Waals surface area contributed by atoms with Crippen molar-refractivity contribution >= 4 is 11.2 Å². The number of fused-ring (bicyclic) bond motifs is 1. The molecule has 7 nitrogen and oxygen atoms in total. The highest BCUT2D eigenvalue weighted by Gasteiger charge is 2.21. The highest BCUT2D eigenvalue weighted by molar-refractivity contribution is 5.71. The number of hydrogen-bond donors (Lipinski definition) is 1. The van der Waals surface area contributed by atoms with Crippen LogP contribution in [0.4, 0.5) is 0 Å². The molecule has 0 saturated heterocycles. The van der Waals surface area contributed by atoms with Crippen molar-refractivity contribution in [2.75, 3.05) is 0 Å². The summed E-state index contributed by atoms with van der Waals surface area (Å²) in [5.74, 6) is 0.641. The van der Waals surface area contributed by atoms with E-state index in [9.17, 15) is 9.59 Å². The average Bonchev–Trinajstić information content (AvgIpc) is 2.83. The number of aromatic nitrogens is 4. The predicted molar refractivity (Wildman–Crippen MR) is 82.5 cm³/mol. The van der Waals surface area contributed by atoms with Gasteiger partial charge in [0, 0.05) is 19.6 Å². The summed E-state index contributed by atoms with van der Waals surface area (Å²) in [6, 6.07) is -0.294. The fourth-order valence-electron chi connectivity index (χ4n) is 2.68. The average molecular weight is 293 g/mol. The number of hydrogen-bond acceptors (Lipinski definition) is 4. The molecule has 21 heavy (non-hydrogen) atoms. The highest BCUT2D eigenvalue weighted by atomic mass is 16.2. The number of nitrogens with zero attached hydrogens (tertiary/aromatic N) is 4. The van der Waals surface area contributed by atoms with Gasteiger partial charge < -0.3 is 10.3 Å². The molecule has 0 spiro atoms. The second-order valence-corrected chi connectivity index (χ2v) is 5.16. The molecule has 7 heteroatoms. The Bertz CT molecular complexity index is 766. The molecule has 2 rings (SSSR count). The van der Waals surface area contributed by atoms with Crippen molar-refractivity contribution in [2.45, 2.75) is 59.8 Å². The van der Waals surface area contributed by atoms with Crippen LogP contribution in [-0.4, -0.2) is 18.7 Å². The molecule has 0 saturated carbocycles. The van der Waals surface area contributed by atoms with Crippen molar-refractivity contribution in [3.05, 3.63) is 26.7 Å². The summed E-state index contributed by atoms with van der Waals surface area (Å²) in [7, 11) is 0. The molecule has 0 aliphatic carbocycles. The van der Waals surface area contributed by atoms with Crippen LogP contribution in [0.3, 0.4) is 0 Å². The molecule has 0 radical (unpaired) electrons. The fraction of sp³-hybridized carbons (Fsp3) is 0.643. The van der Waals surface area contributed by atoms with Crippen molar-refractivity contribution in [3.63, 3.8) is 0 Å². The van der Waals surface area contributed by atoms with Gasteiger partial charge in [-0.1, -0.05) is 6.92 Å². The molecule has 1 atom stereocenters. The third kappa shape index (κ3) is 2.31. The SMILES string of the molecule is CCCn1c(=O)n(CC)c(=O)c2c1nc(C(C)N)n2CC. The lowest BCUT2D eigenvalue weighted by Gasteiger charge is -2.10. The molecule has 1 unspecified atom stereocenters.